The third-order valence-corrected chi connectivity index (χ3v) is 2.09. The van der Waals surface area contributed by atoms with Gasteiger partial charge in [-0.25, -0.2) is 0 Å². The summed E-state index contributed by atoms with van der Waals surface area (Å²) in [7, 11) is 0. The first kappa shape index (κ1) is 15.2. The average Bonchev–Trinajstić information content (AvgIpc) is 2.37. The van der Waals surface area contributed by atoms with Crippen molar-refractivity contribution in [3.8, 4) is 0 Å². The molecule has 2 aromatic carbocycles. The summed E-state index contributed by atoms with van der Waals surface area (Å²) in [5.74, 6) is 0. The van der Waals surface area contributed by atoms with Crippen molar-refractivity contribution in [1.82, 2.24) is 0 Å². The zero-order valence-electron chi connectivity index (χ0n) is 11.1. The molecule has 0 nitrogen and oxygen atoms in total. The van der Waals surface area contributed by atoms with Crippen molar-refractivity contribution < 1.29 is 0 Å². The lowest BCUT2D eigenvalue weighted by atomic mass is 10.1. The van der Waals surface area contributed by atoms with Gasteiger partial charge in [0.25, 0.3) is 0 Å². The molecule has 0 saturated carbocycles. The fraction of sp³-hybridized carbons (Fsp3) is 0.176. The fourth-order valence-electron chi connectivity index (χ4n) is 1.05. The highest BCUT2D eigenvalue weighted by atomic mass is 13.9. The molecule has 0 fully saturated rings. The van der Waals surface area contributed by atoms with Crippen molar-refractivity contribution in [1.29, 1.82) is 0 Å². The molecule has 2 aromatic rings. The van der Waals surface area contributed by atoms with Crippen LogP contribution < -0.4 is 0 Å². The maximum absolute atomic E-state index is 3.36. The summed E-state index contributed by atoms with van der Waals surface area (Å²) in [5, 5.41) is 0. The van der Waals surface area contributed by atoms with E-state index in [0.29, 0.717) is 0 Å². The quantitative estimate of drug-likeness (QED) is 0.543. The van der Waals surface area contributed by atoms with Gasteiger partial charge in [0.05, 0.1) is 0 Å². The average molecular weight is 226 g/mol. The van der Waals surface area contributed by atoms with Gasteiger partial charge in [-0.2, -0.15) is 0 Å². The van der Waals surface area contributed by atoms with Crippen LogP contribution in [0.25, 0.3) is 0 Å². The van der Waals surface area contributed by atoms with Crippen LogP contribution in [0, 0.1) is 13.8 Å². The van der Waals surface area contributed by atoms with Crippen LogP contribution in [-0.2, 0) is 0 Å². The van der Waals surface area contributed by atoms with Crippen LogP contribution in [0.15, 0.2) is 73.3 Å². The lowest BCUT2D eigenvalue weighted by Gasteiger charge is -1.93. The normalized spacial score (nSPS) is 7.94. The second-order valence-corrected chi connectivity index (χ2v) is 3.65. The molecule has 0 saturated heterocycles. The first-order chi connectivity index (χ1) is 8.22. The molecule has 2 rings (SSSR count). The molecule has 0 radical (unpaired) electrons. The Labute approximate surface area is 106 Å². The van der Waals surface area contributed by atoms with Gasteiger partial charge in [-0.05, 0) is 31.9 Å². The summed E-state index contributed by atoms with van der Waals surface area (Å²) in [6.45, 7) is 9.49. The molecule has 0 aliphatic rings. The van der Waals surface area contributed by atoms with Crippen LogP contribution in [0.4, 0.5) is 0 Å². The molecular weight excluding hydrogens is 204 g/mol. The number of rotatable bonds is 0. The smallest absolute Gasteiger partial charge is 0.0395 e. The summed E-state index contributed by atoms with van der Waals surface area (Å²) in [6, 6.07) is 20.4. The Morgan fingerprint density at radius 3 is 1.12 bits per heavy atom. The van der Waals surface area contributed by atoms with Gasteiger partial charge in [0.2, 0.25) is 0 Å². The van der Waals surface area contributed by atoms with E-state index in [1.807, 2.05) is 43.3 Å². The second kappa shape index (κ2) is 10.7. The van der Waals surface area contributed by atoms with E-state index in [4.69, 9.17) is 0 Å². The van der Waals surface area contributed by atoms with Gasteiger partial charge < -0.3 is 0 Å². The second-order valence-electron chi connectivity index (χ2n) is 3.65. The van der Waals surface area contributed by atoms with Crippen molar-refractivity contribution in [2.45, 2.75) is 20.8 Å². The molecule has 0 amide bonds. The summed E-state index contributed by atoms with van der Waals surface area (Å²) < 4.78 is 0. The van der Waals surface area contributed by atoms with Crippen LogP contribution in [0.3, 0.4) is 0 Å². The Morgan fingerprint density at radius 2 is 0.941 bits per heavy atom. The summed E-state index contributed by atoms with van der Waals surface area (Å²) in [6.07, 6.45) is 1.75. The molecule has 90 valence electrons. The predicted octanol–water partition coefficient (Wildman–Crippen LogP) is 5.18. The van der Waals surface area contributed by atoms with E-state index in [2.05, 4.69) is 44.7 Å². The van der Waals surface area contributed by atoms with Crippen LogP contribution in [0.2, 0.25) is 0 Å². The zero-order valence-corrected chi connectivity index (χ0v) is 11.1. The van der Waals surface area contributed by atoms with E-state index >= 15 is 0 Å². The van der Waals surface area contributed by atoms with E-state index in [-0.39, 0.29) is 0 Å². The third kappa shape index (κ3) is 9.13. The van der Waals surface area contributed by atoms with E-state index < -0.39 is 0 Å². The molecule has 0 spiro atoms. The molecule has 0 atom stereocenters. The SMILES string of the molecule is C=CC.Cc1ccccc1C.c1ccccc1. The van der Waals surface area contributed by atoms with Crippen molar-refractivity contribution in [3.63, 3.8) is 0 Å². The van der Waals surface area contributed by atoms with Gasteiger partial charge in [0.15, 0.2) is 0 Å². The minimum absolute atomic E-state index is 1.37. The van der Waals surface area contributed by atoms with Crippen molar-refractivity contribution in [2.24, 2.45) is 0 Å². The fourth-order valence-corrected chi connectivity index (χ4v) is 1.05. The summed E-state index contributed by atoms with van der Waals surface area (Å²) in [5.41, 5.74) is 2.74. The molecule has 0 N–H and O–H groups in total. The number of benzene rings is 2. The van der Waals surface area contributed by atoms with Crippen molar-refractivity contribution >= 4 is 0 Å². The lowest BCUT2D eigenvalue weighted by Crippen LogP contribution is -1.74. The number of hydrogen-bond acceptors (Lipinski definition) is 0. The van der Waals surface area contributed by atoms with E-state index in [1.165, 1.54) is 11.1 Å². The summed E-state index contributed by atoms with van der Waals surface area (Å²) in [4.78, 5) is 0. The Balaban J connectivity index is 0.000000252. The molecular formula is C17H22. The topological polar surface area (TPSA) is 0 Å². The minimum Gasteiger partial charge on any atom is -0.103 e. The van der Waals surface area contributed by atoms with E-state index in [1.54, 1.807) is 6.08 Å². The Morgan fingerprint density at radius 1 is 0.706 bits per heavy atom. The molecule has 0 unspecified atom stereocenters. The summed E-state index contributed by atoms with van der Waals surface area (Å²) >= 11 is 0. The maximum Gasteiger partial charge on any atom is -0.0395 e. The predicted molar refractivity (Wildman–Crippen MR) is 78.2 cm³/mol. The number of hydrogen-bond donors (Lipinski definition) is 0. The largest absolute Gasteiger partial charge is 0.103 e. The molecule has 0 heteroatoms. The van der Waals surface area contributed by atoms with E-state index in [9.17, 15) is 0 Å². The van der Waals surface area contributed by atoms with Crippen LogP contribution in [-0.4, -0.2) is 0 Å². The standard InChI is InChI=1S/C8H10.C6H6.C3H6/c1-7-5-3-4-6-8(7)2;1-2-4-6-5-3-1;1-3-2/h3-6H,1-2H3;1-6H;3H,1H2,2H3. The van der Waals surface area contributed by atoms with Gasteiger partial charge in [-0.3, -0.25) is 0 Å². The lowest BCUT2D eigenvalue weighted by molar-refractivity contribution is 1.34. The number of aryl methyl sites for hydroxylation is 2. The zero-order chi connectivity index (χ0) is 12.9. The van der Waals surface area contributed by atoms with Gasteiger partial charge >= 0.3 is 0 Å². The first-order valence-electron chi connectivity index (χ1n) is 5.81. The molecule has 17 heavy (non-hydrogen) atoms. The monoisotopic (exact) mass is 226 g/mol. The van der Waals surface area contributed by atoms with Gasteiger partial charge in [-0.15, -0.1) is 6.58 Å². The minimum atomic E-state index is 1.37. The van der Waals surface area contributed by atoms with Gasteiger partial charge in [0, 0.05) is 0 Å². The highest BCUT2D eigenvalue weighted by Crippen LogP contribution is 2.02. The molecule has 0 aliphatic heterocycles. The molecule has 0 aliphatic carbocycles. The molecule has 0 heterocycles. The first-order valence-corrected chi connectivity index (χ1v) is 5.81. The third-order valence-electron chi connectivity index (χ3n) is 2.09. The Bertz CT molecular complexity index is 340. The van der Waals surface area contributed by atoms with Crippen molar-refractivity contribution in [3.05, 3.63) is 84.4 Å². The number of allylic oxidation sites excluding steroid dienone is 1. The van der Waals surface area contributed by atoms with Crippen LogP contribution in [0.5, 0.6) is 0 Å². The van der Waals surface area contributed by atoms with E-state index in [0.717, 1.165) is 0 Å². The van der Waals surface area contributed by atoms with Crippen LogP contribution >= 0.6 is 0 Å². The molecule has 0 aromatic heterocycles. The Hall–Kier alpha value is -1.82. The van der Waals surface area contributed by atoms with Gasteiger partial charge in [0.1, 0.15) is 0 Å². The van der Waals surface area contributed by atoms with Crippen LogP contribution in [0.1, 0.15) is 18.1 Å². The molecule has 0 bridgehead atoms. The Kier molecular flexibility index (Phi) is 9.55. The van der Waals surface area contributed by atoms with Gasteiger partial charge in [-0.1, -0.05) is 66.7 Å². The highest BCUT2D eigenvalue weighted by molar-refractivity contribution is 5.23. The van der Waals surface area contributed by atoms with Crippen molar-refractivity contribution in [2.75, 3.05) is 0 Å². The highest BCUT2D eigenvalue weighted by Gasteiger charge is 1.83. The maximum atomic E-state index is 3.36.